The fourth-order valence-electron chi connectivity index (χ4n) is 0.818. The van der Waals surface area contributed by atoms with Gasteiger partial charge in [-0.1, -0.05) is 19.9 Å². The summed E-state index contributed by atoms with van der Waals surface area (Å²) in [6, 6.07) is 0. The molecule has 1 heterocycles. The van der Waals surface area contributed by atoms with Crippen LogP contribution in [0.2, 0.25) is 0 Å². The van der Waals surface area contributed by atoms with Gasteiger partial charge in [0.15, 0.2) is 5.01 Å². The van der Waals surface area contributed by atoms with Crippen LogP contribution < -0.4 is 0 Å². The van der Waals surface area contributed by atoms with Gasteiger partial charge in [-0.2, -0.15) is 0 Å². The lowest BCUT2D eigenvalue weighted by atomic mass is 10.2. The van der Waals surface area contributed by atoms with Crippen molar-refractivity contribution in [1.29, 1.82) is 0 Å². The van der Waals surface area contributed by atoms with Crippen molar-refractivity contribution >= 4 is 17.1 Å². The van der Waals surface area contributed by atoms with E-state index in [9.17, 15) is 4.79 Å². The van der Waals surface area contributed by atoms with E-state index < -0.39 is 0 Å². The number of thiazole rings is 1. The van der Waals surface area contributed by atoms with Crippen molar-refractivity contribution in [2.24, 2.45) is 5.92 Å². The number of hydrogen-bond donors (Lipinski definition) is 0. The molecule has 1 rings (SSSR count). The number of carbonyl (C=O) groups is 1. The molecular weight excluding hydrogens is 182 g/mol. The molecule has 0 fully saturated rings. The van der Waals surface area contributed by atoms with Crippen LogP contribution in [0.15, 0.2) is 17.5 Å². The fraction of sp³-hybridized carbons (Fsp3) is 0.400. The molecule has 0 saturated heterocycles. The van der Waals surface area contributed by atoms with Gasteiger partial charge in [-0.15, -0.1) is 11.3 Å². The lowest BCUT2D eigenvalue weighted by Crippen LogP contribution is -1.94. The topological polar surface area (TPSA) is 30.0 Å². The Kier molecular flexibility index (Phi) is 3.37. The van der Waals surface area contributed by atoms with Crippen molar-refractivity contribution in [3.8, 4) is 0 Å². The number of aryl methyl sites for hydroxylation is 1. The Morgan fingerprint density at radius 3 is 2.77 bits per heavy atom. The molecule has 0 aliphatic rings. The zero-order chi connectivity index (χ0) is 9.84. The summed E-state index contributed by atoms with van der Waals surface area (Å²) in [7, 11) is 0. The van der Waals surface area contributed by atoms with Crippen LogP contribution in [-0.4, -0.2) is 10.8 Å². The summed E-state index contributed by atoms with van der Waals surface area (Å²) in [6.07, 6.45) is 3.49. The third-order valence-electron chi connectivity index (χ3n) is 1.46. The first-order chi connectivity index (χ1) is 6.09. The Morgan fingerprint density at radius 1 is 1.62 bits per heavy atom. The molecule has 0 N–H and O–H groups in total. The quantitative estimate of drug-likeness (QED) is 0.548. The second-order valence-electron chi connectivity index (χ2n) is 3.26. The molecule has 0 saturated carbocycles. The first-order valence-electron chi connectivity index (χ1n) is 4.24. The predicted octanol–water partition coefficient (Wildman–Crippen LogP) is 2.85. The van der Waals surface area contributed by atoms with E-state index in [1.807, 2.05) is 32.2 Å². The molecule has 0 aliphatic carbocycles. The van der Waals surface area contributed by atoms with Crippen LogP contribution in [0, 0.1) is 12.8 Å². The Bertz CT molecular complexity index is 325. The maximum Gasteiger partial charge on any atom is 0.214 e. The number of ketones is 1. The zero-order valence-electron chi connectivity index (χ0n) is 8.07. The number of carbonyl (C=O) groups excluding carboxylic acids is 1. The summed E-state index contributed by atoms with van der Waals surface area (Å²) >= 11 is 1.40. The molecular formula is C10H13NOS. The standard InChI is InChI=1S/C10H13NOS/c1-7(2)4-5-9(12)10-11-8(3)6-13-10/h4-7H,1-3H3/b5-4+. The molecule has 0 amide bonds. The van der Waals surface area contributed by atoms with E-state index >= 15 is 0 Å². The second-order valence-corrected chi connectivity index (χ2v) is 4.12. The summed E-state index contributed by atoms with van der Waals surface area (Å²) in [5.41, 5.74) is 0.909. The fourth-order valence-corrected chi connectivity index (χ4v) is 1.53. The highest BCUT2D eigenvalue weighted by molar-refractivity contribution is 7.11. The molecule has 0 aromatic carbocycles. The summed E-state index contributed by atoms with van der Waals surface area (Å²) < 4.78 is 0. The van der Waals surface area contributed by atoms with Crippen LogP contribution in [0.5, 0.6) is 0 Å². The Labute approximate surface area is 82.3 Å². The van der Waals surface area contributed by atoms with Gasteiger partial charge in [0.25, 0.3) is 0 Å². The summed E-state index contributed by atoms with van der Waals surface area (Å²) in [5.74, 6) is 0.414. The Hall–Kier alpha value is -0.960. The monoisotopic (exact) mass is 195 g/mol. The molecule has 0 bridgehead atoms. The van der Waals surface area contributed by atoms with Gasteiger partial charge < -0.3 is 0 Å². The van der Waals surface area contributed by atoms with E-state index in [1.54, 1.807) is 6.08 Å². The first kappa shape index (κ1) is 10.1. The predicted molar refractivity (Wildman–Crippen MR) is 55.2 cm³/mol. The molecule has 1 aromatic rings. The van der Waals surface area contributed by atoms with Crippen molar-refractivity contribution in [2.45, 2.75) is 20.8 Å². The largest absolute Gasteiger partial charge is 0.287 e. The molecule has 70 valence electrons. The van der Waals surface area contributed by atoms with Gasteiger partial charge in [-0.3, -0.25) is 4.79 Å². The van der Waals surface area contributed by atoms with Gasteiger partial charge in [0.2, 0.25) is 5.78 Å². The Balaban J connectivity index is 2.69. The number of aromatic nitrogens is 1. The highest BCUT2D eigenvalue weighted by atomic mass is 32.1. The van der Waals surface area contributed by atoms with E-state index in [-0.39, 0.29) is 5.78 Å². The third-order valence-corrected chi connectivity index (χ3v) is 2.44. The van der Waals surface area contributed by atoms with Crippen LogP contribution in [0.1, 0.15) is 29.3 Å². The van der Waals surface area contributed by atoms with Gasteiger partial charge in [0, 0.05) is 11.1 Å². The molecule has 13 heavy (non-hydrogen) atoms. The average Bonchev–Trinajstić information content (AvgIpc) is 2.47. The maximum atomic E-state index is 11.4. The van der Waals surface area contributed by atoms with Crippen LogP contribution >= 0.6 is 11.3 Å². The van der Waals surface area contributed by atoms with Crippen LogP contribution in [0.3, 0.4) is 0 Å². The van der Waals surface area contributed by atoms with Crippen molar-refractivity contribution in [2.75, 3.05) is 0 Å². The van der Waals surface area contributed by atoms with E-state index in [4.69, 9.17) is 0 Å². The van der Waals surface area contributed by atoms with Crippen LogP contribution in [-0.2, 0) is 0 Å². The van der Waals surface area contributed by atoms with Crippen molar-refractivity contribution in [3.63, 3.8) is 0 Å². The first-order valence-corrected chi connectivity index (χ1v) is 5.12. The third kappa shape index (κ3) is 3.11. The SMILES string of the molecule is Cc1csc(C(=O)/C=C/C(C)C)n1. The van der Waals surface area contributed by atoms with Crippen LogP contribution in [0.4, 0.5) is 0 Å². The minimum atomic E-state index is 0.00630. The summed E-state index contributed by atoms with van der Waals surface area (Å²) in [6.45, 7) is 5.97. The normalized spacial score (nSPS) is 11.4. The number of nitrogens with zero attached hydrogens (tertiary/aromatic N) is 1. The van der Waals surface area contributed by atoms with Crippen molar-refractivity contribution in [1.82, 2.24) is 4.98 Å². The lowest BCUT2D eigenvalue weighted by Gasteiger charge is -1.91. The number of allylic oxidation sites excluding steroid dienone is 2. The van der Waals surface area contributed by atoms with E-state index in [2.05, 4.69) is 4.98 Å². The average molecular weight is 195 g/mol. The van der Waals surface area contributed by atoms with Gasteiger partial charge in [-0.05, 0) is 18.9 Å². The van der Waals surface area contributed by atoms with Crippen molar-refractivity contribution in [3.05, 3.63) is 28.2 Å². The molecule has 3 heteroatoms. The minimum absolute atomic E-state index is 0.00630. The summed E-state index contributed by atoms with van der Waals surface area (Å²) in [4.78, 5) is 15.5. The molecule has 0 radical (unpaired) electrons. The van der Waals surface area contributed by atoms with E-state index in [0.29, 0.717) is 10.9 Å². The zero-order valence-corrected chi connectivity index (χ0v) is 8.89. The highest BCUT2D eigenvalue weighted by Crippen LogP contribution is 2.10. The smallest absolute Gasteiger partial charge is 0.214 e. The molecule has 0 unspecified atom stereocenters. The van der Waals surface area contributed by atoms with E-state index in [1.165, 1.54) is 11.3 Å². The lowest BCUT2D eigenvalue weighted by molar-refractivity contribution is 0.104. The van der Waals surface area contributed by atoms with Gasteiger partial charge in [-0.25, -0.2) is 4.98 Å². The molecule has 0 atom stereocenters. The highest BCUT2D eigenvalue weighted by Gasteiger charge is 2.05. The second kappa shape index (κ2) is 4.33. The number of rotatable bonds is 3. The molecule has 0 spiro atoms. The van der Waals surface area contributed by atoms with E-state index in [0.717, 1.165) is 5.69 Å². The summed E-state index contributed by atoms with van der Waals surface area (Å²) in [5, 5.41) is 2.46. The minimum Gasteiger partial charge on any atom is -0.287 e. The molecule has 0 aliphatic heterocycles. The molecule has 2 nitrogen and oxygen atoms in total. The Morgan fingerprint density at radius 2 is 2.31 bits per heavy atom. The van der Waals surface area contributed by atoms with Crippen LogP contribution in [0.25, 0.3) is 0 Å². The van der Waals surface area contributed by atoms with Gasteiger partial charge in [0.1, 0.15) is 0 Å². The molecule has 1 aromatic heterocycles. The van der Waals surface area contributed by atoms with Gasteiger partial charge in [0.05, 0.1) is 0 Å². The maximum absolute atomic E-state index is 11.4. The number of hydrogen-bond acceptors (Lipinski definition) is 3. The van der Waals surface area contributed by atoms with Gasteiger partial charge >= 0.3 is 0 Å². The van der Waals surface area contributed by atoms with Crippen molar-refractivity contribution < 1.29 is 4.79 Å².